The van der Waals surface area contributed by atoms with Crippen molar-refractivity contribution >= 4 is 18.3 Å². The van der Waals surface area contributed by atoms with Crippen LogP contribution in [-0.2, 0) is 4.79 Å². The van der Waals surface area contributed by atoms with E-state index in [-0.39, 0.29) is 36.3 Å². The zero-order valence-electron chi connectivity index (χ0n) is 14.1. The van der Waals surface area contributed by atoms with Gasteiger partial charge in [-0.05, 0) is 43.4 Å². The lowest BCUT2D eigenvalue weighted by molar-refractivity contribution is -0.126. The summed E-state index contributed by atoms with van der Waals surface area (Å²) in [4.78, 5) is 12.6. The number of benzene rings is 1. The Labute approximate surface area is 149 Å². The Morgan fingerprint density at radius 3 is 2.75 bits per heavy atom. The van der Waals surface area contributed by atoms with E-state index in [2.05, 4.69) is 12.2 Å². The van der Waals surface area contributed by atoms with Crippen molar-refractivity contribution in [1.82, 2.24) is 5.32 Å². The zero-order chi connectivity index (χ0) is 16.2. The number of fused-ring (bicyclic) bond motifs is 1. The molecule has 0 bridgehead atoms. The van der Waals surface area contributed by atoms with Crippen molar-refractivity contribution < 1.29 is 14.3 Å². The summed E-state index contributed by atoms with van der Waals surface area (Å²) in [5, 5.41) is 3.19. The molecule has 1 fully saturated rings. The molecular formula is C18H27ClN2O3. The summed E-state index contributed by atoms with van der Waals surface area (Å²) >= 11 is 0. The van der Waals surface area contributed by atoms with Gasteiger partial charge in [0.2, 0.25) is 5.91 Å². The van der Waals surface area contributed by atoms with Gasteiger partial charge in [0.05, 0.1) is 6.04 Å². The van der Waals surface area contributed by atoms with Crippen LogP contribution in [0.25, 0.3) is 0 Å². The van der Waals surface area contributed by atoms with Crippen molar-refractivity contribution in [1.29, 1.82) is 0 Å². The second kappa shape index (κ2) is 8.58. The molecule has 3 rings (SSSR count). The Morgan fingerprint density at radius 1 is 1.29 bits per heavy atom. The Balaban J connectivity index is 0.00000208. The predicted molar refractivity (Wildman–Crippen MR) is 95.8 cm³/mol. The molecule has 1 amide bonds. The molecule has 24 heavy (non-hydrogen) atoms. The molecule has 0 radical (unpaired) electrons. The van der Waals surface area contributed by atoms with E-state index in [0.717, 1.165) is 49.2 Å². The molecule has 2 aliphatic rings. The smallest absolute Gasteiger partial charge is 0.223 e. The molecule has 3 N–H and O–H groups in total. The maximum Gasteiger partial charge on any atom is 0.223 e. The number of ether oxygens (including phenoxy) is 2. The number of rotatable bonds is 4. The highest BCUT2D eigenvalue weighted by atomic mass is 35.5. The molecule has 134 valence electrons. The molecule has 3 unspecified atom stereocenters. The third-order valence-corrected chi connectivity index (χ3v) is 4.78. The summed E-state index contributed by atoms with van der Waals surface area (Å²) in [7, 11) is 0. The van der Waals surface area contributed by atoms with Crippen molar-refractivity contribution in [3.05, 3.63) is 23.8 Å². The van der Waals surface area contributed by atoms with E-state index in [1.54, 1.807) is 0 Å². The lowest BCUT2D eigenvalue weighted by atomic mass is 9.85. The summed E-state index contributed by atoms with van der Waals surface area (Å²) in [6, 6.07) is 6.07. The van der Waals surface area contributed by atoms with Gasteiger partial charge in [0.25, 0.3) is 0 Å². The highest BCUT2D eigenvalue weighted by Crippen LogP contribution is 2.33. The van der Waals surface area contributed by atoms with Crippen LogP contribution in [0, 0.1) is 5.92 Å². The first kappa shape index (κ1) is 18.9. The lowest BCUT2D eigenvalue weighted by Gasteiger charge is -2.28. The molecule has 1 aliphatic carbocycles. The number of nitrogens with two attached hydrogens (primary N) is 1. The Kier molecular flexibility index (Phi) is 6.75. The standard InChI is InChI=1S/C18H26N2O3.ClH/c1-2-15(20-18(21)13-4-3-5-14(19)10-13)12-6-7-16-17(11-12)23-9-8-22-16;/h6-7,11,13-15H,2-5,8-10,19H2,1H3,(H,20,21);1H. The minimum Gasteiger partial charge on any atom is -0.486 e. The van der Waals surface area contributed by atoms with Gasteiger partial charge in [-0.25, -0.2) is 0 Å². The first-order valence-electron chi connectivity index (χ1n) is 8.63. The average molecular weight is 355 g/mol. The number of hydrogen-bond acceptors (Lipinski definition) is 4. The summed E-state index contributed by atoms with van der Waals surface area (Å²) in [5.41, 5.74) is 7.06. The monoisotopic (exact) mass is 354 g/mol. The number of amides is 1. The predicted octanol–water partition coefficient (Wildman–Crippen LogP) is 2.96. The summed E-state index contributed by atoms with van der Waals surface area (Å²) in [6.07, 6.45) is 4.65. The van der Waals surface area contributed by atoms with Gasteiger partial charge in [0.15, 0.2) is 11.5 Å². The van der Waals surface area contributed by atoms with Gasteiger partial charge in [0, 0.05) is 12.0 Å². The maximum absolute atomic E-state index is 12.6. The van der Waals surface area contributed by atoms with E-state index in [1.807, 2.05) is 18.2 Å². The Hall–Kier alpha value is -1.46. The van der Waals surface area contributed by atoms with Crippen molar-refractivity contribution in [3.63, 3.8) is 0 Å². The van der Waals surface area contributed by atoms with Crippen LogP contribution in [0.15, 0.2) is 18.2 Å². The first-order chi connectivity index (χ1) is 11.2. The highest BCUT2D eigenvalue weighted by Gasteiger charge is 2.27. The summed E-state index contributed by atoms with van der Waals surface area (Å²) in [5.74, 6) is 1.72. The van der Waals surface area contributed by atoms with E-state index in [4.69, 9.17) is 15.2 Å². The number of nitrogens with one attached hydrogen (secondary N) is 1. The van der Waals surface area contributed by atoms with E-state index in [0.29, 0.717) is 13.2 Å². The van der Waals surface area contributed by atoms with E-state index in [1.165, 1.54) is 0 Å². The fourth-order valence-corrected chi connectivity index (χ4v) is 3.45. The van der Waals surface area contributed by atoms with Crippen LogP contribution in [0.3, 0.4) is 0 Å². The average Bonchev–Trinajstić information content (AvgIpc) is 2.59. The molecule has 0 aromatic heterocycles. The molecule has 1 aliphatic heterocycles. The topological polar surface area (TPSA) is 73.6 Å². The number of halogens is 1. The SMILES string of the molecule is CCC(NC(=O)C1CCCC(N)C1)c1ccc2c(c1)OCCO2.Cl. The molecule has 1 aromatic rings. The first-order valence-corrected chi connectivity index (χ1v) is 8.63. The largest absolute Gasteiger partial charge is 0.486 e. The molecule has 5 nitrogen and oxygen atoms in total. The van der Waals surface area contributed by atoms with Crippen molar-refractivity contribution in [3.8, 4) is 11.5 Å². The number of carbonyl (C=O) groups excluding carboxylic acids is 1. The number of hydrogen-bond donors (Lipinski definition) is 2. The number of carbonyl (C=O) groups is 1. The Bertz CT molecular complexity index is 567. The van der Waals surface area contributed by atoms with Gasteiger partial charge in [0.1, 0.15) is 13.2 Å². The van der Waals surface area contributed by atoms with E-state index >= 15 is 0 Å². The van der Waals surface area contributed by atoms with Crippen LogP contribution >= 0.6 is 12.4 Å². The van der Waals surface area contributed by atoms with Crippen molar-refractivity contribution in [2.24, 2.45) is 11.7 Å². The molecule has 0 saturated heterocycles. The van der Waals surface area contributed by atoms with Gasteiger partial charge in [-0.3, -0.25) is 4.79 Å². The molecule has 3 atom stereocenters. The van der Waals surface area contributed by atoms with Gasteiger partial charge in [-0.15, -0.1) is 12.4 Å². The van der Waals surface area contributed by atoms with Crippen LogP contribution in [0.2, 0.25) is 0 Å². The van der Waals surface area contributed by atoms with Crippen LogP contribution in [-0.4, -0.2) is 25.2 Å². The maximum atomic E-state index is 12.6. The fraction of sp³-hybridized carbons (Fsp3) is 0.611. The van der Waals surface area contributed by atoms with Gasteiger partial charge in [-0.1, -0.05) is 19.4 Å². The quantitative estimate of drug-likeness (QED) is 0.871. The molecule has 1 saturated carbocycles. The fourth-order valence-electron chi connectivity index (χ4n) is 3.45. The molecule has 1 aromatic carbocycles. The lowest BCUT2D eigenvalue weighted by Crippen LogP contribution is -2.39. The third kappa shape index (κ3) is 4.33. The normalized spacial score (nSPS) is 23.8. The van der Waals surface area contributed by atoms with Crippen molar-refractivity contribution in [2.75, 3.05) is 13.2 Å². The Morgan fingerprint density at radius 2 is 2.04 bits per heavy atom. The second-order valence-electron chi connectivity index (χ2n) is 6.50. The summed E-state index contributed by atoms with van der Waals surface area (Å²) < 4.78 is 11.2. The third-order valence-electron chi connectivity index (χ3n) is 4.78. The van der Waals surface area contributed by atoms with Gasteiger partial charge < -0.3 is 20.5 Å². The van der Waals surface area contributed by atoms with E-state index < -0.39 is 0 Å². The second-order valence-corrected chi connectivity index (χ2v) is 6.50. The van der Waals surface area contributed by atoms with Gasteiger partial charge in [-0.2, -0.15) is 0 Å². The minimum atomic E-state index is -0.00326. The van der Waals surface area contributed by atoms with Crippen LogP contribution in [0.1, 0.15) is 50.6 Å². The minimum absolute atomic E-state index is 0. The molecule has 1 heterocycles. The van der Waals surface area contributed by atoms with Crippen molar-refractivity contribution in [2.45, 2.75) is 51.1 Å². The molecule has 0 spiro atoms. The zero-order valence-corrected chi connectivity index (χ0v) is 14.9. The van der Waals surface area contributed by atoms with E-state index in [9.17, 15) is 4.79 Å². The summed E-state index contributed by atoms with van der Waals surface area (Å²) in [6.45, 7) is 3.23. The van der Waals surface area contributed by atoms with Crippen LogP contribution in [0.4, 0.5) is 0 Å². The molecule has 6 heteroatoms. The van der Waals surface area contributed by atoms with Crippen LogP contribution in [0.5, 0.6) is 11.5 Å². The van der Waals surface area contributed by atoms with Crippen LogP contribution < -0.4 is 20.5 Å². The van der Waals surface area contributed by atoms with Gasteiger partial charge >= 0.3 is 0 Å². The highest BCUT2D eigenvalue weighted by molar-refractivity contribution is 5.85. The molecular weight excluding hydrogens is 328 g/mol.